The van der Waals surface area contributed by atoms with Crippen molar-refractivity contribution in [2.45, 2.75) is 6.42 Å². The van der Waals surface area contributed by atoms with Crippen molar-refractivity contribution < 1.29 is 13.2 Å². The van der Waals surface area contributed by atoms with Gasteiger partial charge in [-0.05, 0) is 0 Å². The van der Waals surface area contributed by atoms with Crippen molar-refractivity contribution in [3.63, 3.8) is 0 Å². The molecule has 0 bridgehead atoms. The van der Waals surface area contributed by atoms with Crippen LogP contribution in [-0.2, 0) is 0 Å². The Morgan fingerprint density at radius 2 is 1.80 bits per heavy atom. The normalized spacial score (nSPS) is 15.7. The lowest BCUT2D eigenvalue weighted by Gasteiger charge is -2.13. The third kappa shape index (κ3) is 1.74. The van der Waals surface area contributed by atoms with Gasteiger partial charge in [0, 0.05) is 25.1 Å². The van der Waals surface area contributed by atoms with Crippen molar-refractivity contribution in [1.82, 2.24) is 0 Å². The summed E-state index contributed by atoms with van der Waals surface area (Å²) in [6.45, 7) is 0.441. The molecule has 0 saturated carbocycles. The lowest BCUT2D eigenvalue weighted by Crippen LogP contribution is -2.12. The van der Waals surface area contributed by atoms with E-state index in [9.17, 15) is 13.2 Å². The van der Waals surface area contributed by atoms with E-state index in [1.807, 2.05) is 0 Å². The van der Waals surface area contributed by atoms with Crippen molar-refractivity contribution in [2.24, 2.45) is 10.8 Å². The van der Waals surface area contributed by atoms with Gasteiger partial charge in [-0.15, -0.1) is 0 Å². The van der Waals surface area contributed by atoms with Crippen LogP contribution < -0.4 is 10.7 Å². The lowest BCUT2D eigenvalue weighted by molar-refractivity contribution is 0.447. The molecular formula is C9H8F3N3. The van der Waals surface area contributed by atoms with Crippen molar-refractivity contribution >= 4 is 11.5 Å². The number of hydrogen-bond acceptors (Lipinski definition) is 3. The van der Waals surface area contributed by atoms with Crippen molar-refractivity contribution in [3.8, 4) is 0 Å². The summed E-state index contributed by atoms with van der Waals surface area (Å²) < 4.78 is 38.4. The lowest BCUT2D eigenvalue weighted by atomic mass is 10.2. The van der Waals surface area contributed by atoms with Crippen LogP contribution >= 0.6 is 0 Å². The summed E-state index contributed by atoms with van der Waals surface area (Å²) in [5.41, 5.74) is 5.57. The molecular weight excluding hydrogens is 207 g/mol. The van der Waals surface area contributed by atoms with Gasteiger partial charge in [0.25, 0.3) is 0 Å². The van der Waals surface area contributed by atoms with Crippen LogP contribution in [0.15, 0.2) is 17.2 Å². The molecule has 0 amide bonds. The monoisotopic (exact) mass is 215 g/mol. The van der Waals surface area contributed by atoms with Crippen LogP contribution in [0.25, 0.3) is 0 Å². The first-order valence-corrected chi connectivity index (χ1v) is 4.33. The Bertz CT molecular complexity index is 408. The molecule has 2 rings (SSSR count). The number of nitrogens with zero attached hydrogens (tertiary/aromatic N) is 2. The number of rotatable bonds is 1. The van der Waals surface area contributed by atoms with Crippen molar-refractivity contribution in [1.29, 1.82) is 0 Å². The standard InChI is InChI=1S/C9H8F3N3/c10-6-3-5(4-7(11)9(6)12)15-2-1-8(13)14-15/h3-4H,1-2H2,(H2,13,14). The molecule has 1 aliphatic heterocycles. The molecule has 0 saturated heterocycles. The summed E-state index contributed by atoms with van der Waals surface area (Å²) in [5, 5.41) is 5.18. The Balaban J connectivity index is 2.38. The van der Waals surface area contributed by atoms with Crippen LogP contribution in [0.2, 0.25) is 0 Å². The molecule has 80 valence electrons. The second-order valence-electron chi connectivity index (χ2n) is 3.19. The molecule has 1 heterocycles. The first kappa shape index (κ1) is 9.82. The predicted molar refractivity (Wildman–Crippen MR) is 49.9 cm³/mol. The first-order valence-electron chi connectivity index (χ1n) is 4.33. The zero-order valence-corrected chi connectivity index (χ0v) is 7.67. The van der Waals surface area contributed by atoms with Crippen molar-refractivity contribution in [2.75, 3.05) is 11.6 Å². The van der Waals surface area contributed by atoms with Gasteiger partial charge >= 0.3 is 0 Å². The van der Waals surface area contributed by atoms with Gasteiger partial charge in [0.05, 0.1) is 5.69 Å². The third-order valence-electron chi connectivity index (χ3n) is 2.10. The molecule has 0 unspecified atom stereocenters. The molecule has 1 aliphatic rings. The van der Waals surface area contributed by atoms with Crippen LogP contribution in [0.1, 0.15) is 6.42 Å². The van der Waals surface area contributed by atoms with Gasteiger partial charge in [0.1, 0.15) is 5.84 Å². The van der Waals surface area contributed by atoms with Gasteiger partial charge < -0.3 is 5.73 Å². The summed E-state index contributed by atoms with van der Waals surface area (Å²) in [7, 11) is 0. The van der Waals surface area contributed by atoms with Crippen LogP contribution in [-0.4, -0.2) is 12.4 Å². The van der Waals surface area contributed by atoms with Crippen molar-refractivity contribution in [3.05, 3.63) is 29.6 Å². The molecule has 0 aliphatic carbocycles. The van der Waals surface area contributed by atoms with Crippen LogP contribution in [0.3, 0.4) is 0 Å². The van der Waals surface area contributed by atoms with Crippen LogP contribution in [0, 0.1) is 17.5 Å². The van der Waals surface area contributed by atoms with E-state index in [0.717, 1.165) is 12.1 Å². The number of hydrazone groups is 1. The molecule has 15 heavy (non-hydrogen) atoms. The van der Waals surface area contributed by atoms with Gasteiger partial charge in [0.2, 0.25) is 0 Å². The fourth-order valence-corrected chi connectivity index (χ4v) is 1.35. The smallest absolute Gasteiger partial charge is 0.194 e. The zero-order chi connectivity index (χ0) is 11.0. The van der Waals surface area contributed by atoms with Gasteiger partial charge in [-0.1, -0.05) is 0 Å². The maximum Gasteiger partial charge on any atom is 0.194 e. The van der Waals surface area contributed by atoms with E-state index in [-0.39, 0.29) is 5.69 Å². The highest BCUT2D eigenvalue weighted by molar-refractivity contribution is 5.84. The zero-order valence-electron chi connectivity index (χ0n) is 7.67. The fourth-order valence-electron chi connectivity index (χ4n) is 1.35. The van der Waals surface area contributed by atoms with E-state index in [1.54, 1.807) is 0 Å². The minimum Gasteiger partial charge on any atom is -0.386 e. The summed E-state index contributed by atoms with van der Waals surface area (Å²) in [6.07, 6.45) is 0.528. The number of hydrogen-bond donors (Lipinski definition) is 1. The molecule has 2 N–H and O–H groups in total. The number of benzene rings is 1. The molecule has 6 heteroatoms. The third-order valence-corrected chi connectivity index (χ3v) is 2.10. The summed E-state index contributed by atoms with van der Waals surface area (Å²) in [5.74, 6) is -3.55. The number of anilines is 1. The first-order chi connectivity index (χ1) is 7.08. The predicted octanol–water partition coefficient (Wildman–Crippen LogP) is 1.59. The van der Waals surface area contributed by atoms with E-state index in [2.05, 4.69) is 5.10 Å². The Kier molecular flexibility index (Phi) is 2.26. The highest BCUT2D eigenvalue weighted by atomic mass is 19.2. The summed E-state index contributed by atoms with van der Waals surface area (Å²) in [6, 6.07) is 1.78. The Labute approximate surface area is 84.0 Å². The quantitative estimate of drug-likeness (QED) is 0.723. The highest BCUT2D eigenvalue weighted by Gasteiger charge is 2.18. The average Bonchev–Trinajstić information content (AvgIpc) is 2.60. The van der Waals surface area contributed by atoms with Gasteiger partial charge in [-0.3, -0.25) is 5.01 Å². The Morgan fingerprint density at radius 3 is 2.27 bits per heavy atom. The minimum atomic E-state index is -1.48. The molecule has 0 atom stereocenters. The SMILES string of the molecule is NC1=NN(c2cc(F)c(F)c(F)c2)CC1. The molecule has 0 radical (unpaired) electrons. The Morgan fingerprint density at radius 1 is 1.20 bits per heavy atom. The fraction of sp³-hybridized carbons (Fsp3) is 0.222. The minimum absolute atomic E-state index is 0.159. The molecule has 1 aromatic rings. The number of nitrogens with two attached hydrogens (primary N) is 1. The molecule has 0 fully saturated rings. The van der Waals surface area contributed by atoms with Gasteiger partial charge in [0.15, 0.2) is 17.5 Å². The van der Waals surface area contributed by atoms with E-state index < -0.39 is 17.5 Å². The second-order valence-corrected chi connectivity index (χ2v) is 3.19. The summed E-state index contributed by atoms with van der Waals surface area (Å²) >= 11 is 0. The van der Waals surface area contributed by atoms with Crippen LogP contribution in [0.5, 0.6) is 0 Å². The van der Waals surface area contributed by atoms with Gasteiger partial charge in [-0.25, -0.2) is 13.2 Å². The average molecular weight is 215 g/mol. The summed E-state index contributed by atoms with van der Waals surface area (Å²) in [4.78, 5) is 0. The molecule has 0 spiro atoms. The molecule has 0 aromatic heterocycles. The number of amidine groups is 1. The highest BCUT2D eigenvalue weighted by Crippen LogP contribution is 2.23. The second kappa shape index (κ2) is 3.45. The molecule has 3 nitrogen and oxygen atoms in total. The topological polar surface area (TPSA) is 41.6 Å². The van der Waals surface area contributed by atoms with Crippen LogP contribution in [0.4, 0.5) is 18.9 Å². The maximum atomic E-state index is 12.9. The van der Waals surface area contributed by atoms with E-state index in [0.29, 0.717) is 18.8 Å². The van der Waals surface area contributed by atoms with E-state index in [4.69, 9.17) is 5.73 Å². The maximum absolute atomic E-state index is 12.9. The van der Waals surface area contributed by atoms with E-state index >= 15 is 0 Å². The molecule has 1 aromatic carbocycles. The largest absolute Gasteiger partial charge is 0.386 e. The Hall–Kier alpha value is -1.72. The number of halogens is 3. The van der Waals surface area contributed by atoms with Gasteiger partial charge in [-0.2, -0.15) is 5.10 Å². The van der Waals surface area contributed by atoms with E-state index in [1.165, 1.54) is 5.01 Å².